The minimum Gasteiger partial charge on any atom is -0.313 e. The van der Waals surface area contributed by atoms with Gasteiger partial charge in [0.15, 0.2) is 0 Å². The molecular formula is C15H25N3. The maximum Gasteiger partial charge on any atom is 0.0416 e. The Morgan fingerprint density at radius 2 is 2.28 bits per heavy atom. The zero-order chi connectivity index (χ0) is 12.6. The average molecular weight is 247 g/mol. The highest BCUT2D eigenvalue weighted by Crippen LogP contribution is 2.09. The Hall–Kier alpha value is -0.930. The minimum atomic E-state index is 0.682. The maximum atomic E-state index is 4.37. The standard InChI is InChI=1S/C15H25N3/c1-18(12-9-14-7-4-6-11-16-14)13-15-8-3-2-5-10-17-15/h4,6-7,11,15,17H,2-3,5,8-10,12-13H2,1H3. The van der Waals surface area contributed by atoms with Crippen molar-refractivity contribution in [3.05, 3.63) is 30.1 Å². The average Bonchev–Trinajstić information content (AvgIpc) is 2.66. The number of rotatable bonds is 5. The van der Waals surface area contributed by atoms with Gasteiger partial charge in [-0.1, -0.05) is 18.9 Å². The molecule has 0 radical (unpaired) electrons. The summed E-state index contributed by atoms with van der Waals surface area (Å²) in [5, 5.41) is 3.65. The lowest BCUT2D eigenvalue weighted by molar-refractivity contribution is 0.287. The molecule has 0 spiro atoms. The SMILES string of the molecule is CN(CCc1ccccn1)CC1CCCCCN1. The van der Waals surface area contributed by atoms with E-state index in [9.17, 15) is 0 Å². The van der Waals surface area contributed by atoms with Crippen LogP contribution in [0, 0.1) is 0 Å². The fourth-order valence-electron chi connectivity index (χ4n) is 2.58. The molecule has 3 nitrogen and oxygen atoms in total. The highest BCUT2D eigenvalue weighted by atomic mass is 15.1. The van der Waals surface area contributed by atoms with E-state index in [4.69, 9.17) is 0 Å². The van der Waals surface area contributed by atoms with Crippen molar-refractivity contribution in [1.82, 2.24) is 15.2 Å². The molecule has 0 saturated carbocycles. The van der Waals surface area contributed by atoms with Gasteiger partial charge in [0.1, 0.15) is 0 Å². The molecule has 0 aromatic carbocycles. The highest BCUT2D eigenvalue weighted by Gasteiger charge is 2.13. The molecule has 0 aliphatic carbocycles. The summed E-state index contributed by atoms with van der Waals surface area (Å²) >= 11 is 0. The van der Waals surface area contributed by atoms with Gasteiger partial charge in [0, 0.05) is 37.4 Å². The molecule has 1 N–H and O–H groups in total. The first-order valence-corrected chi connectivity index (χ1v) is 7.16. The van der Waals surface area contributed by atoms with Gasteiger partial charge in [-0.25, -0.2) is 0 Å². The van der Waals surface area contributed by atoms with E-state index in [2.05, 4.69) is 34.4 Å². The number of nitrogens with one attached hydrogen (secondary N) is 1. The van der Waals surface area contributed by atoms with Crippen molar-refractivity contribution in [2.45, 2.75) is 38.1 Å². The number of pyridine rings is 1. The topological polar surface area (TPSA) is 28.2 Å². The van der Waals surface area contributed by atoms with Crippen molar-refractivity contribution < 1.29 is 0 Å². The lowest BCUT2D eigenvalue weighted by atomic mass is 10.1. The molecule has 2 rings (SSSR count). The first-order valence-electron chi connectivity index (χ1n) is 7.16. The quantitative estimate of drug-likeness (QED) is 0.863. The second-order valence-electron chi connectivity index (χ2n) is 5.33. The van der Waals surface area contributed by atoms with Crippen LogP contribution in [0.25, 0.3) is 0 Å². The maximum absolute atomic E-state index is 4.37. The molecule has 1 fully saturated rings. The Balaban J connectivity index is 1.69. The van der Waals surface area contributed by atoms with E-state index < -0.39 is 0 Å². The highest BCUT2D eigenvalue weighted by molar-refractivity contribution is 5.03. The van der Waals surface area contributed by atoms with Crippen molar-refractivity contribution in [3.8, 4) is 0 Å². The van der Waals surface area contributed by atoms with Gasteiger partial charge < -0.3 is 10.2 Å². The van der Waals surface area contributed by atoms with Gasteiger partial charge in [0.2, 0.25) is 0 Å². The summed E-state index contributed by atoms with van der Waals surface area (Å²) in [6, 6.07) is 6.83. The number of hydrogen-bond acceptors (Lipinski definition) is 3. The summed E-state index contributed by atoms with van der Waals surface area (Å²) in [6.07, 6.45) is 8.36. The Morgan fingerprint density at radius 1 is 1.33 bits per heavy atom. The lowest BCUT2D eigenvalue weighted by Gasteiger charge is -2.23. The summed E-state index contributed by atoms with van der Waals surface area (Å²) < 4.78 is 0. The van der Waals surface area contributed by atoms with Crippen LogP contribution in [0.1, 0.15) is 31.4 Å². The second kappa shape index (κ2) is 7.49. The zero-order valence-corrected chi connectivity index (χ0v) is 11.4. The van der Waals surface area contributed by atoms with Gasteiger partial charge in [0.25, 0.3) is 0 Å². The monoisotopic (exact) mass is 247 g/mol. The van der Waals surface area contributed by atoms with Crippen molar-refractivity contribution in [2.24, 2.45) is 0 Å². The predicted octanol–water partition coefficient (Wildman–Crippen LogP) is 2.09. The first-order chi connectivity index (χ1) is 8.84. The van der Waals surface area contributed by atoms with Gasteiger partial charge >= 0.3 is 0 Å². The molecule has 100 valence electrons. The van der Waals surface area contributed by atoms with Crippen LogP contribution in [-0.4, -0.2) is 42.6 Å². The molecule has 2 heterocycles. The van der Waals surface area contributed by atoms with Crippen molar-refractivity contribution in [3.63, 3.8) is 0 Å². The fraction of sp³-hybridized carbons (Fsp3) is 0.667. The summed E-state index contributed by atoms with van der Waals surface area (Å²) in [7, 11) is 2.22. The molecule has 3 heteroatoms. The Morgan fingerprint density at radius 3 is 3.11 bits per heavy atom. The second-order valence-corrected chi connectivity index (χ2v) is 5.33. The molecule has 0 bridgehead atoms. The van der Waals surface area contributed by atoms with E-state index in [1.165, 1.54) is 37.9 Å². The van der Waals surface area contributed by atoms with Crippen molar-refractivity contribution in [2.75, 3.05) is 26.7 Å². The number of likely N-dealkylation sites (N-methyl/N-ethyl adjacent to an activating group) is 1. The summed E-state index contributed by atoms with van der Waals surface area (Å²) in [5.41, 5.74) is 1.19. The minimum absolute atomic E-state index is 0.682. The van der Waals surface area contributed by atoms with Crippen LogP contribution >= 0.6 is 0 Å². The van der Waals surface area contributed by atoms with Gasteiger partial charge in [-0.2, -0.15) is 0 Å². The Labute approximate surface area is 111 Å². The van der Waals surface area contributed by atoms with Crippen LogP contribution in [0.5, 0.6) is 0 Å². The summed E-state index contributed by atoms with van der Waals surface area (Å²) in [5.74, 6) is 0. The molecule has 1 unspecified atom stereocenters. The summed E-state index contributed by atoms with van der Waals surface area (Å²) in [6.45, 7) is 3.45. The number of hydrogen-bond donors (Lipinski definition) is 1. The molecule has 1 atom stereocenters. The molecule has 1 aromatic heterocycles. The molecule has 0 amide bonds. The third-order valence-electron chi connectivity index (χ3n) is 3.67. The smallest absolute Gasteiger partial charge is 0.0416 e. The van der Waals surface area contributed by atoms with Crippen LogP contribution in [-0.2, 0) is 6.42 Å². The van der Waals surface area contributed by atoms with Crippen molar-refractivity contribution in [1.29, 1.82) is 0 Å². The van der Waals surface area contributed by atoms with Crippen LogP contribution < -0.4 is 5.32 Å². The van der Waals surface area contributed by atoms with E-state index >= 15 is 0 Å². The van der Waals surface area contributed by atoms with E-state index in [-0.39, 0.29) is 0 Å². The normalized spacial score (nSPS) is 20.9. The van der Waals surface area contributed by atoms with Crippen LogP contribution in [0.3, 0.4) is 0 Å². The third-order valence-corrected chi connectivity index (χ3v) is 3.67. The third kappa shape index (κ3) is 4.75. The van der Waals surface area contributed by atoms with Gasteiger partial charge in [0.05, 0.1) is 0 Å². The molecule has 1 aliphatic heterocycles. The Bertz CT molecular complexity index is 318. The summed E-state index contributed by atoms with van der Waals surface area (Å²) in [4.78, 5) is 6.80. The zero-order valence-electron chi connectivity index (χ0n) is 11.4. The van der Waals surface area contributed by atoms with Gasteiger partial charge in [-0.15, -0.1) is 0 Å². The first kappa shape index (κ1) is 13.5. The molecule has 18 heavy (non-hydrogen) atoms. The van der Waals surface area contributed by atoms with E-state index in [0.29, 0.717) is 6.04 Å². The lowest BCUT2D eigenvalue weighted by Crippen LogP contribution is -2.39. The predicted molar refractivity (Wildman–Crippen MR) is 75.7 cm³/mol. The molecule has 1 aromatic rings. The van der Waals surface area contributed by atoms with E-state index in [0.717, 1.165) is 19.5 Å². The van der Waals surface area contributed by atoms with E-state index in [1.807, 2.05) is 12.3 Å². The fourth-order valence-corrected chi connectivity index (χ4v) is 2.58. The number of aromatic nitrogens is 1. The van der Waals surface area contributed by atoms with Crippen LogP contribution in [0.2, 0.25) is 0 Å². The molecule has 1 aliphatic rings. The van der Waals surface area contributed by atoms with Gasteiger partial charge in [-0.05, 0) is 38.6 Å². The Kier molecular flexibility index (Phi) is 5.62. The van der Waals surface area contributed by atoms with Crippen molar-refractivity contribution >= 4 is 0 Å². The van der Waals surface area contributed by atoms with Crippen LogP contribution in [0.15, 0.2) is 24.4 Å². The van der Waals surface area contributed by atoms with Crippen LogP contribution in [0.4, 0.5) is 0 Å². The molecular weight excluding hydrogens is 222 g/mol. The van der Waals surface area contributed by atoms with Gasteiger partial charge in [-0.3, -0.25) is 4.98 Å². The van der Waals surface area contributed by atoms with E-state index in [1.54, 1.807) is 0 Å². The largest absolute Gasteiger partial charge is 0.313 e. The number of nitrogens with zero attached hydrogens (tertiary/aromatic N) is 2. The molecule has 1 saturated heterocycles.